The molecule has 3 rings (SSSR count). The summed E-state index contributed by atoms with van der Waals surface area (Å²) in [6, 6.07) is 7.26. The maximum atomic E-state index is 12.2. The lowest BCUT2D eigenvalue weighted by Crippen LogP contribution is -2.42. The van der Waals surface area contributed by atoms with Crippen LogP contribution in [0.2, 0.25) is 0 Å². The molecule has 138 valence electrons. The first-order chi connectivity index (χ1) is 12.5. The zero-order valence-electron chi connectivity index (χ0n) is 14.8. The van der Waals surface area contributed by atoms with Gasteiger partial charge in [-0.05, 0) is 49.7 Å². The van der Waals surface area contributed by atoms with Crippen molar-refractivity contribution in [3.63, 3.8) is 0 Å². The van der Waals surface area contributed by atoms with E-state index >= 15 is 0 Å². The van der Waals surface area contributed by atoms with Crippen LogP contribution in [-0.2, 0) is 22.4 Å². The van der Waals surface area contributed by atoms with Crippen LogP contribution in [0.4, 0.5) is 0 Å². The number of aromatic nitrogens is 2. The highest BCUT2D eigenvalue weighted by atomic mass is 16.5. The van der Waals surface area contributed by atoms with Gasteiger partial charge < -0.3 is 14.9 Å². The maximum absolute atomic E-state index is 12.2. The minimum Gasteiger partial charge on any atom is -0.480 e. The first kappa shape index (κ1) is 18.1. The Bertz CT molecular complexity index is 787. The summed E-state index contributed by atoms with van der Waals surface area (Å²) in [5, 5.41) is 15.8. The van der Waals surface area contributed by atoms with Crippen molar-refractivity contribution in [2.45, 2.75) is 57.4 Å². The van der Waals surface area contributed by atoms with Gasteiger partial charge in [0.05, 0.1) is 0 Å². The highest BCUT2D eigenvalue weighted by molar-refractivity contribution is 5.83. The van der Waals surface area contributed by atoms with E-state index in [0.717, 1.165) is 19.3 Å². The van der Waals surface area contributed by atoms with Crippen molar-refractivity contribution in [3.05, 3.63) is 47.1 Å². The molecule has 7 heteroatoms. The van der Waals surface area contributed by atoms with Gasteiger partial charge in [-0.3, -0.25) is 4.79 Å². The zero-order valence-corrected chi connectivity index (χ0v) is 14.8. The van der Waals surface area contributed by atoms with Gasteiger partial charge in [-0.25, -0.2) is 4.79 Å². The van der Waals surface area contributed by atoms with Crippen LogP contribution in [0.3, 0.4) is 0 Å². The Balaban J connectivity index is 1.59. The molecule has 1 aliphatic carbocycles. The summed E-state index contributed by atoms with van der Waals surface area (Å²) in [5.74, 6) is -0.280. The number of carbonyl (C=O) groups excluding carboxylic acids is 1. The number of rotatable bonds is 7. The zero-order chi connectivity index (χ0) is 18.5. The predicted molar refractivity (Wildman–Crippen MR) is 93.7 cm³/mol. The quantitative estimate of drug-likeness (QED) is 0.788. The number of carboxylic acid groups (broad SMARTS) is 1. The number of carboxylic acids is 1. The Labute approximate surface area is 151 Å². The highest BCUT2D eigenvalue weighted by Gasteiger charge is 2.28. The number of hydrogen-bond donors (Lipinski definition) is 2. The molecule has 0 fully saturated rings. The number of carbonyl (C=O) groups is 2. The van der Waals surface area contributed by atoms with Gasteiger partial charge in [0.1, 0.15) is 6.04 Å². The molecule has 1 heterocycles. The number of aliphatic carboxylic acids is 1. The molecule has 0 aliphatic heterocycles. The number of nitrogens with one attached hydrogen (secondary N) is 1. The highest BCUT2D eigenvalue weighted by Crippen LogP contribution is 2.34. The van der Waals surface area contributed by atoms with Crippen LogP contribution in [0.1, 0.15) is 54.4 Å². The van der Waals surface area contributed by atoms with E-state index in [1.54, 1.807) is 6.92 Å². The van der Waals surface area contributed by atoms with Crippen LogP contribution in [0.15, 0.2) is 28.8 Å². The molecule has 1 aromatic carbocycles. The van der Waals surface area contributed by atoms with Crippen LogP contribution >= 0.6 is 0 Å². The van der Waals surface area contributed by atoms with Crippen LogP contribution in [0.25, 0.3) is 0 Å². The molecule has 0 bridgehead atoms. The molecule has 0 radical (unpaired) electrons. The van der Waals surface area contributed by atoms with E-state index < -0.39 is 12.0 Å². The summed E-state index contributed by atoms with van der Waals surface area (Å²) in [7, 11) is 0. The Morgan fingerprint density at radius 3 is 2.92 bits per heavy atom. The Kier molecular flexibility index (Phi) is 5.65. The number of benzene rings is 1. The van der Waals surface area contributed by atoms with E-state index in [0.29, 0.717) is 24.6 Å². The smallest absolute Gasteiger partial charge is 0.326 e. The molecular weight excluding hydrogens is 334 g/mol. The van der Waals surface area contributed by atoms with Gasteiger partial charge in [0.2, 0.25) is 11.8 Å². The molecule has 0 saturated heterocycles. The Hall–Kier alpha value is -2.70. The van der Waals surface area contributed by atoms with Crippen LogP contribution in [0.5, 0.6) is 0 Å². The van der Waals surface area contributed by atoms with E-state index in [1.807, 2.05) is 12.1 Å². The molecule has 1 amide bonds. The molecule has 0 saturated carbocycles. The van der Waals surface area contributed by atoms with Crippen molar-refractivity contribution in [1.29, 1.82) is 0 Å². The van der Waals surface area contributed by atoms with Crippen molar-refractivity contribution in [2.24, 2.45) is 0 Å². The van der Waals surface area contributed by atoms with E-state index in [2.05, 4.69) is 27.6 Å². The standard InChI is InChI=1S/C19H23N3O4/c1-12-20-18(26-22-12)10-9-17(23)21-16(19(24)25)11-14-7-4-6-13-5-2-3-8-15(13)14/h2-3,5,8,14,16H,4,6-7,9-11H2,1H3,(H,21,23)(H,24,25). The second kappa shape index (κ2) is 8.12. The van der Waals surface area contributed by atoms with Crippen molar-refractivity contribution < 1.29 is 19.2 Å². The van der Waals surface area contributed by atoms with Crippen molar-refractivity contribution in [1.82, 2.24) is 15.5 Å². The number of aryl methyl sites for hydroxylation is 3. The SMILES string of the molecule is Cc1noc(CCC(=O)NC(CC2CCCc3ccccc32)C(=O)O)n1. The van der Waals surface area contributed by atoms with Gasteiger partial charge in [-0.15, -0.1) is 0 Å². The first-order valence-electron chi connectivity index (χ1n) is 8.92. The average molecular weight is 357 g/mol. The summed E-state index contributed by atoms with van der Waals surface area (Å²) in [6.07, 6.45) is 3.83. The molecule has 0 spiro atoms. The summed E-state index contributed by atoms with van der Waals surface area (Å²) < 4.78 is 4.97. The Morgan fingerprint density at radius 2 is 2.19 bits per heavy atom. The van der Waals surface area contributed by atoms with Gasteiger partial charge in [-0.1, -0.05) is 29.4 Å². The van der Waals surface area contributed by atoms with E-state index in [9.17, 15) is 14.7 Å². The number of nitrogens with zero attached hydrogens (tertiary/aromatic N) is 2. The normalized spacial score (nSPS) is 17.3. The van der Waals surface area contributed by atoms with E-state index in [4.69, 9.17) is 4.52 Å². The van der Waals surface area contributed by atoms with E-state index in [-0.39, 0.29) is 18.2 Å². The van der Waals surface area contributed by atoms with Gasteiger partial charge in [0, 0.05) is 12.8 Å². The third kappa shape index (κ3) is 4.47. The maximum Gasteiger partial charge on any atom is 0.326 e. The van der Waals surface area contributed by atoms with Crippen LogP contribution in [0, 0.1) is 6.92 Å². The lowest BCUT2D eigenvalue weighted by Gasteiger charge is -2.28. The van der Waals surface area contributed by atoms with Crippen molar-refractivity contribution >= 4 is 11.9 Å². The van der Waals surface area contributed by atoms with Gasteiger partial charge in [-0.2, -0.15) is 4.98 Å². The third-order valence-electron chi connectivity index (χ3n) is 4.78. The molecule has 2 atom stereocenters. The van der Waals surface area contributed by atoms with Gasteiger partial charge in [0.15, 0.2) is 5.82 Å². The summed E-state index contributed by atoms with van der Waals surface area (Å²) in [6.45, 7) is 1.70. The minimum absolute atomic E-state index is 0.118. The second-order valence-electron chi connectivity index (χ2n) is 6.72. The van der Waals surface area contributed by atoms with Gasteiger partial charge >= 0.3 is 5.97 Å². The van der Waals surface area contributed by atoms with Gasteiger partial charge in [0.25, 0.3) is 0 Å². The topological polar surface area (TPSA) is 105 Å². The molecule has 26 heavy (non-hydrogen) atoms. The number of fused-ring (bicyclic) bond motifs is 1. The van der Waals surface area contributed by atoms with Crippen LogP contribution in [-0.4, -0.2) is 33.2 Å². The lowest BCUT2D eigenvalue weighted by atomic mass is 9.79. The Morgan fingerprint density at radius 1 is 1.38 bits per heavy atom. The molecule has 1 aromatic heterocycles. The first-order valence-corrected chi connectivity index (χ1v) is 8.92. The fourth-order valence-corrected chi connectivity index (χ4v) is 3.53. The largest absolute Gasteiger partial charge is 0.480 e. The lowest BCUT2D eigenvalue weighted by molar-refractivity contribution is -0.142. The van der Waals surface area contributed by atoms with Crippen molar-refractivity contribution in [2.75, 3.05) is 0 Å². The summed E-state index contributed by atoms with van der Waals surface area (Å²) in [5.41, 5.74) is 2.49. The summed E-state index contributed by atoms with van der Waals surface area (Å²) >= 11 is 0. The number of amides is 1. The summed E-state index contributed by atoms with van der Waals surface area (Å²) in [4.78, 5) is 27.8. The number of hydrogen-bond acceptors (Lipinski definition) is 5. The molecule has 1 aliphatic rings. The molecule has 7 nitrogen and oxygen atoms in total. The third-order valence-corrected chi connectivity index (χ3v) is 4.78. The fourth-order valence-electron chi connectivity index (χ4n) is 3.53. The second-order valence-corrected chi connectivity index (χ2v) is 6.72. The average Bonchev–Trinajstić information content (AvgIpc) is 3.05. The molecule has 2 unspecified atom stereocenters. The minimum atomic E-state index is -1.00. The molecule has 2 aromatic rings. The molecule has 2 N–H and O–H groups in total. The molecular formula is C19H23N3O4. The fraction of sp³-hybridized carbons (Fsp3) is 0.474. The predicted octanol–water partition coefficient (Wildman–Crippen LogP) is 2.39. The van der Waals surface area contributed by atoms with Crippen molar-refractivity contribution in [3.8, 4) is 0 Å². The van der Waals surface area contributed by atoms with E-state index in [1.165, 1.54) is 11.1 Å². The monoisotopic (exact) mass is 357 g/mol. The van der Waals surface area contributed by atoms with Crippen LogP contribution < -0.4 is 5.32 Å².